The Balaban J connectivity index is 2.72. The second-order valence-electron chi connectivity index (χ2n) is 4.40. The largest absolute Gasteiger partial charge is 0.396 e. The highest BCUT2D eigenvalue weighted by atomic mass is 35.5. The number of aliphatic hydroxyl groups is 1. The molecule has 0 heterocycles. The summed E-state index contributed by atoms with van der Waals surface area (Å²) in [5.41, 5.74) is 1.14. The van der Waals surface area contributed by atoms with Gasteiger partial charge in [-0.3, -0.25) is 0 Å². The van der Waals surface area contributed by atoms with Gasteiger partial charge in [0.15, 0.2) is 0 Å². The first-order valence-electron chi connectivity index (χ1n) is 6.38. The number of thioether (sulfide) groups is 1. The van der Waals surface area contributed by atoms with Crippen LogP contribution in [-0.4, -0.2) is 23.5 Å². The summed E-state index contributed by atoms with van der Waals surface area (Å²) in [5.74, 6) is 0. The maximum Gasteiger partial charge on any atom is 0.0464 e. The van der Waals surface area contributed by atoms with Gasteiger partial charge in [0.1, 0.15) is 0 Å². The van der Waals surface area contributed by atoms with Crippen LogP contribution in [0.2, 0.25) is 5.02 Å². The number of benzene rings is 1. The Bertz CT molecular complexity index is 373. The van der Waals surface area contributed by atoms with Gasteiger partial charge in [0.25, 0.3) is 0 Å². The molecule has 0 aliphatic rings. The summed E-state index contributed by atoms with van der Waals surface area (Å²) in [6, 6.07) is 6.48. The summed E-state index contributed by atoms with van der Waals surface area (Å²) < 4.78 is 0. The molecule has 0 radical (unpaired) electrons. The van der Waals surface area contributed by atoms with Crippen molar-refractivity contribution < 1.29 is 5.11 Å². The second-order valence-corrected chi connectivity index (χ2v) is 6.32. The van der Waals surface area contributed by atoms with Gasteiger partial charge in [-0.15, -0.1) is 11.8 Å². The van der Waals surface area contributed by atoms with Crippen LogP contribution in [0.1, 0.15) is 38.8 Å². The topological polar surface area (TPSA) is 32.3 Å². The van der Waals surface area contributed by atoms with Crippen molar-refractivity contribution in [1.82, 2.24) is 5.32 Å². The number of nitrogens with one attached hydrogen (secondary N) is 1. The van der Waals surface area contributed by atoms with E-state index in [1.807, 2.05) is 6.07 Å². The van der Waals surface area contributed by atoms with Gasteiger partial charge < -0.3 is 10.4 Å². The van der Waals surface area contributed by atoms with E-state index in [-0.39, 0.29) is 12.6 Å². The van der Waals surface area contributed by atoms with Crippen LogP contribution >= 0.6 is 23.4 Å². The Morgan fingerprint density at radius 3 is 2.67 bits per heavy atom. The lowest BCUT2D eigenvalue weighted by atomic mass is 10.1. The third kappa shape index (κ3) is 4.81. The fourth-order valence-corrected chi connectivity index (χ4v) is 3.25. The molecule has 0 bridgehead atoms. The van der Waals surface area contributed by atoms with E-state index in [9.17, 15) is 0 Å². The zero-order valence-corrected chi connectivity index (χ0v) is 12.8. The van der Waals surface area contributed by atoms with Crippen LogP contribution in [0.5, 0.6) is 0 Å². The average Bonchev–Trinajstić information content (AvgIpc) is 2.29. The van der Waals surface area contributed by atoms with Crippen LogP contribution in [0, 0.1) is 0 Å². The molecule has 2 atom stereocenters. The van der Waals surface area contributed by atoms with Gasteiger partial charge in [0.2, 0.25) is 0 Å². The molecular formula is C14H22ClNOS. The molecule has 0 saturated heterocycles. The molecule has 2 unspecified atom stereocenters. The summed E-state index contributed by atoms with van der Waals surface area (Å²) in [4.78, 5) is 1.16. The Kier molecular flexibility index (Phi) is 7.08. The van der Waals surface area contributed by atoms with E-state index < -0.39 is 0 Å². The normalized spacial score (nSPS) is 14.5. The highest BCUT2D eigenvalue weighted by Gasteiger charge is 2.10. The molecule has 1 aromatic rings. The summed E-state index contributed by atoms with van der Waals surface area (Å²) in [7, 11) is 0. The monoisotopic (exact) mass is 287 g/mol. The zero-order valence-electron chi connectivity index (χ0n) is 11.2. The fourth-order valence-electron chi connectivity index (χ4n) is 1.82. The Labute approximate surface area is 119 Å². The van der Waals surface area contributed by atoms with Crippen LogP contribution < -0.4 is 5.32 Å². The van der Waals surface area contributed by atoms with E-state index in [4.69, 9.17) is 16.7 Å². The van der Waals surface area contributed by atoms with Crippen molar-refractivity contribution in [3.8, 4) is 0 Å². The molecule has 4 heteroatoms. The highest BCUT2D eigenvalue weighted by molar-refractivity contribution is 7.99. The first-order valence-corrected chi connectivity index (χ1v) is 7.64. The first kappa shape index (κ1) is 15.8. The molecule has 0 spiro atoms. The van der Waals surface area contributed by atoms with Crippen molar-refractivity contribution in [3.05, 3.63) is 28.8 Å². The third-order valence-electron chi connectivity index (χ3n) is 2.82. The molecule has 102 valence electrons. The highest BCUT2D eigenvalue weighted by Crippen LogP contribution is 2.31. The van der Waals surface area contributed by atoms with E-state index in [2.05, 4.69) is 38.2 Å². The summed E-state index contributed by atoms with van der Waals surface area (Å²) >= 11 is 8.07. The Morgan fingerprint density at radius 1 is 1.39 bits per heavy atom. The molecule has 0 fully saturated rings. The second kappa shape index (κ2) is 8.05. The van der Waals surface area contributed by atoms with Crippen molar-refractivity contribution in [2.45, 2.75) is 43.4 Å². The minimum absolute atomic E-state index is 0.234. The molecule has 0 amide bonds. The van der Waals surface area contributed by atoms with Crippen molar-refractivity contribution in [2.75, 3.05) is 13.2 Å². The number of hydrogen-bond acceptors (Lipinski definition) is 3. The SMILES string of the molecule is CCNC(C)c1ccc(SC(C)CCO)cc1Cl. The van der Waals surface area contributed by atoms with Gasteiger partial charge in [-0.2, -0.15) is 0 Å². The van der Waals surface area contributed by atoms with Crippen molar-refractivity contribution >= 4 is 23.4 Å². The maximum absolute atomic E-state index is 8.90. The Hall–Kier alpha value is -0.220. The van der Waals surface area contributed by atoms with Crippen LogP contribution in [0.3, 0.4) is 0 Å². The van der Waals surface area contributed by atoms with Crippen molar-refractivity contribution in [2.24, 2.45) is 0 Å². The van der Waals surface area contributed by atoms with E-state index >= 15 is 0 Å². The maximum atomic E-state index is 8.90. The molecule has 2 nitrogen and oxygen atoms in total. The molecule has 1 aromatic carbocycles. The number of hydrogen-bond donors (Lipinski definition) is 2. The van der Waals surface area contributed by atoms with Gasteiger partial charge in [-0.05, 0) is 37.6 Å². The molecule has 18 heavy (non-hydrogen) atoms. The van der Waals surface area contributed by atoms with E-state index in [1.54, 1.807) is 11.8 Å². The Morgan fingerprint density at radius 2 is 2.11 bits per heavy atom. The predicted molar refractivity (Wildman–Crippen MR) is 80.6 cm³/mol. The predicted octanol–water partition coefficient (Wildman–Crippen LogP) is 3.87. The molecule has 0 saturated carbocycles. The summed E-state index contributed by atoms with van der Waals surface area (Å²) in [6.45, 7) is 7.49. The average molecular weight is 288 g/mol. The van der Waals surface area contributed by atoms with Gasteiger partial charge in [-0.1, -0.05) is 31.5 Å². The smallest absolute Gasteiger partial charge is 0.0464 e. The lowest BCUT2D eigenvalue weighted by Gasteiger charge is -2.16. The van der Waals surface area contributed by atoms with Crippen LogP contribution in [-0.2, 0) is 0 Å². The third-order valence-corrected chi connectivity index (χ3v) is 4.31. The van der Waals surface area contributed by atoms with Crippen LogP contribution in [0.15, 0.2) is 23.1 Å². The summed E-state index contributed by atoms with van der Waals surface area (Å²) in [6.07, 6.45) is 0.803. The molecule has 0 aliphatic heterocycles. The zero-order chi connectivity index (χ0) is 13.5. The molecule has 2 N–H and O–H groups in total. The molecule has 1 rings (SSSR count). The minimum atomic E-state index is 0.234. The van der Waals surface area contributed by atoms with Crippen molar-refractivity contribution in [3.63, 3.8) is 0 Å². The molecule has 0 aromatic heterocycles. The fraction of sp³-hybridized carbons (Fsp3) is 0.571. The lowest BCUT2D eigenvalue weighted by Crippen LogP contribution is -2.17. The van der Waals surface area contributed by atoms with Gasteiger partial charge >= 0.3 is 0 Å². The van der Waals surface area contributed by atoms with Gasteiger partial charge in [-0.25, -0.2) is 0 Å². The van der Waals surface area contributed by atoms with Crippen LogP contribution in [0.25, 0.3) is 0 Å². The van der Waals surface area contributed by atoms with Crippen LogP contribution in [0.4, 0.5) is 0 Å². The lowest BCUT2D eigenvalue weighted by molar-refractivity contribution is 0.289. The number of halogens is 1. The first-order chi connectivity index (χ1) is 8.58. The number of aliphatic hydroxyl groups excluding tert-OH is 1. The van der Waals surface area contributed by atoms with E-state index in [0.717, 1.165) is 28.4 Å². The van der Waals surface area contributed by atoms with E-state index in [0.29, 0.717) is 5.25 Å². The van der Waals surface area contributed by atoms with Gasteiger partial charge in [0.05, 0.1) is 0 Å². The molecular weight excluding hydrogens is 266 g/mol. The number of rotatable bonds is 7. The van der Waals surface area contributed by atoms with Crippen molar-refractivity contribution in [1.29, 1.82) is 0 Å². The van der Waals surface area contributed by atoms with Gasteiger partial charge in [0, 0.05) is 27.8 Å². The quantitative estimate of drug-likeness (QED) is 0.747. The summed E-state index contributed by atoms with van der Waals surface area (Å²) in [5, 5.41) is 13.5. The molecule has 0 aliphatic carbocycles. The minimum Gasteiger partial charge on any atom is -0.396 e. The standard InChI is InChI=1S/C14H22ClNOS/c1-4-16-11(3)13-6-5-12(9-14(13)15)18-10(2)7-8-17/h5-6,9-11,16-17H,4,7-8H2,1-3H3. The van der Waals surface area contributed by atoms with E-state index in [1.165, 1.54) is 0 Å².